The van der Waals surface area contributed by atoms with Gasteiger partial charge >= 0.3 is 0 Å². The summed E-state index contributed by atoms with van der Waals surface area (Å²) in [6, 6.07) is 32.9. The molecule has 0 spiro atoms. The zero-order valence-corrected chi connectivity index (χ0v) is 15.8. The normalized spacial score (nSPS) is 11.9. The standard InChI is InChI=1S/C26H20N2/c1-2-27-23-14-8-6-12-19(23)21-17-26-22(16-25(21)27)20-13-7-9-15-24(20)28(26)18-10-4-3-5-11-18/h3-17H,2H2,1H3. The van der Waals surface area contributed by atoms with Crippen LogP contribution in [0.15, 0.2) is 91.0 Å². The van der Waals surface area contributed by atoms with E-state index in [1.54, 1.807) is 0 Å². The van der Waals surface area contributed by atoms with Crippen LogP contribution in [0, 0.1) is 0 Å². The Morgan fingerprint density at radius 2 is 1.11 bits per heavy atom. The highest BCUT2D eigenvalue weighted by atomic mass is 15.0. The van der Waals surface area contributed by atoms with Crippen LogP contribution in [-0.2, 0) is 6.54 Å². The molecule has 4 aromatic carbocycles. The lowest BCUT2D eigenvalue weighted by Gasteiger charge is -2.08. The summed E-state index contributed by atoms with van der Waals surface area (Å²) in [5.41, 5.74) is 6.34. The van der Waals surface area contributed by atoms with Crippen LogP contribution < -0.4 is 0 Å². The summed E-state index contributed by atoms with van der Waals surface area (Å²) in [6.45, 7) is 3.19. The summed E-state index contributed by atoms with van der Waals surface area (Å²) in [4.78, 5) is 0. The molecule has 6 aromatic rings. The van der Waals surface area contributed by atoms with Crippen LogP contribution >= 0.6 is 0 Å². The first kappa shape index (κ1) is 15.5. The van der Waals surface area contributed by atoms with E-state index >= 15 is 0 Å². The molecule has 2 heterocycles. The highest BCUT2D eigenvalue weighted by Gasteiger charge is 2.16. The molecule has 6 rings (SSSR count). The van der Waals surface area contributed by atoms with Gasteiger partial charge in [-0.1, -0.05) is 54.6 Å². The fraction of sp³-hybridized carbons (Fsp3) is 0.0769. The van der Waals surface area contributed by atoms with Crippen LogP contribution in [0.1, 0.15) is 6.92 Å². The molecule has 2 heteroatoms. The van der Waals surface area contributed by atoms with Gasteiger partial charge in [0.15, 0.2) is 0 Å². The second-order valence-electron chi connectivity index (χ2n) is 7.34. The molecule has 0 radical (unpaired) electrons. The van der Waals surface area contributed by atoms with Crippen molar-refractivity contribution in [2.24, 2.45) is 0 Å². The molecule has 0 saturated carbocycles. The number of hydrogen-bond acceptors (Lipinski definition) is 0. The van der Waals surface area contributed by atoms with E-state index in [0.29, 0.717) is 0 Å². The van der Waals surface area contributed by atoms with Crippen molar-refractivity contribution in [3.63, 3.8) is 0 Å². The molecule has 0 aliphatic heterocycles. The third-order valence-corrected chi connectivity index (χ3v) is 5.90. The maximum Gasteiger partial charge on any atom is 0.0548 e. The minimum atomic E-state index is 0.965. The van der Waals surface area contributed by atoms with Crippen molar-refractivity contribution in [1.82, 2.24) is 9.13 Å². The van der Waals surface area contributed by atoms with Gasteiger partial charge in [-0.3, -0.25) is 0 Å². The van der Waals surface area contributed by atoms with E-state index in [1.165, 1.54) is 49.3 Å². The monoisotopic (exact) mass is 360 g/mol. The topological polar surface area (TPSA) is 9.86 Å². The average Bonchev–Trinajstić information content (AvgIpc) is 3.25. The molecule has 28 heavy (non-hydrogen) atoms. The van der Waals surface area contributed by atoms with Gasteiger partial charge in [0.05, 0.1) is 11.0 Å². The fourth-order valence-corrected chi connectivity index (χ4v) is 4.71. The molecule has 0 atom stereocenters. The fourth-order valence-electron chi connectivity index (χ4n) is 4.71. The summed E-state index contributed by atoms with van der Waals surface area (Å²) < 4.78 is 4.82. The van der Waals surface area contributed by atoms with Crippen molar-refractivity contribution >= 4 is 43.6 Å². The van der Waals surface area contributed by atoms with Gasteiger partial charge in [-0.25, -0.2) is 0 Å². The Hall–Kier alpha value is -3.52. The van der Waals surface area contributed by atoms with E-state index in [2.05, 4.69) is 107 Å². The van der Waals surface area contributed by atoms with Crippen LogP contribution in [-0.4, -0.2) is 9.13 Å². The van der Waals surface area contributed by atoms with E-state index in [9.17, 15) is 0 Å². The van der Waals surface area contributed by atoms with Crippen molar-refractivity contribution in [3.8, 4) is 5.69 Å². The summed E-state index contributed by atoms with van der Waals surface area (Å²) in [5.74, 6) is 0. The van der Waals surface area contributed by atoms with Crippen LogP contribution in [0.5, 0.6) is 0 Å². The second kappa shape index (κ2) is 5.74. The second-order valence-corrected chi connectivity index (χ2v) is 7.34. The molecule has 0 N–H and O–H groups in total. The Kier molecular flexibility index (Phi) is 3.18. The van der Waals surface area contributed by atoms with Gasteiger partial charge in [0.2, 0.25) is 0 Å². The maximum atomic E-state index is 2.43. The largest absolute Gasteiger partial charge is 0.341 e. The Bertz CT molecular complexity index is 1480. The van der Waals surface area contributed by atoms with Gasteiger partial charge in [0, 0.05) is 44.8 Å². The summed E-state index contributed by atoms with van der Waals surface area (Å²) in [5, 5.41) is 5.26. The molecular formula is C26H20N2. The Balaban J connectivity index is 1.87. The molecule has 0 aliphatic rings. The van der Waals surface area contributed by atoms with E-state index in [-0.39, 0.29) is 0 Å². The van der Waals surface area contributed by atoms with Gasteiger partial charge in [-0.15, -0.1) is 0 Å². The van der Waals surface area contributed by atoms with Crippen molar-refractivity contribution in [3.05, 3.63) is 91.0 Å². The first-order valence-corrected chi connectivity index (χ1v) is 9.86. The maximum absolute atomic E-state index is 2.43. The molecule has 0 aliphatic carbocycles. The quantitative estimate of drug-likeness (QED) is 0.317. The van der Waals surface area contributed by atoms with Gasteiger partial charge in [0.1, 0.15) is 0 Å². The van der Waals surface area contributed by atoms with E-state index in [0.717, 1.165) is 6.54 Å². The van der Waals surface area contributed by atoms with Crippen LogP contribution in [0.3, 0.4) is 0 Å². The zero-order chi connectivity index (χ0) is 18.7. The predicted molar refractivity (Wildman–Crippen MR) is 119 cm³/mol. The van der Waals surface area contributed by atoms with E-state index in [1.807, 2.05) is 0 Å². The van der Waals surface area contributed by atoms with Crippen molar-refractivity contribution < 1.29 is 0 Å². The molecule has 134 valence electrons. The average molecular weight is 360 g/mol. The van der Waals surface area contributed by atoms with Gasteiger partial charge in [-0.05, 0) is 43.3 Å². The van der Waals surface area contributed by atoms with Crippen LogP contribution in [0.4, 0.5) is 0 Å². The first-order valence-electron chi connectivity index (χ1n) is 9.86. The summed E-state index contributed by atoms with van der Waals surface area (Å²) in [7, 11) is 0. The number of benzene rings is 4. The van der Waals surface area contributed by atoms with Gasteiger partial charge < -0.3 is 9.13 Å². The van der Waals surface area contributed by atoms with Crippen molar-refractivity contribution in [1.29, 1.82) is 0 Å². The lowest BCUT2D eigenvalue weighted by atomic mass is 10.1. The number of fused-ring (bicyclic) bond motifs is 6. The molecule has 0 unspecified atom stereocenters. The lowest BCUT2D eigenvalue weighted by Crippen LogP contribution is -1.94. The minimum absolute atomic E-state index is 0.965. The smallest absolute Gasteiger partial charge is 0.0548 e. The predicted octanol–water partition coefficient (Wildman–Crippen LogP) is 6.91. The number of rotatable bonds is 2. The number of aromatic nitrogens is 2. The molecule has 0 bridgehead atoms. The summed E-state index contributed by atoms with van der Waals surface area (Å²) >= 11 is 0. The van der Waals surface area contributed by atoms with Gasteiger partial charge in [0.25, 0.3) is 0 Å². The molecule has 2 aromatic heterocycles. The minimum Gasteiger partial charge on any atom is -0.341 e. The first-order chi connectivity index (χ1) is 13.9. The van der Waals surface area contributed by atoms with Gasteiger partial charge in [-0.2, -0.15) is 0 Å². The van der Waals surface area contributed by atoms with Crippen molar-refractivity contribution in [2.75, 3.05) is 0 Å². The molecule has 0 fully saturated rings. The summed E-state index contributed by atoms with van der Waals surface area (Å²) in [6.07, 6.45) is 0. The van der Waals surface area contributed by atoms with Crippen molar-refractivity contribution in [2.45, 2.75) is 13.5 Å². The Morgan fingerprint density at radius 1 is 0.536 bits per heavy atom. The molecule has 2 nitrogen and oxygen atoms in total. The Morgan fingerprint density at radius 3 is 1.86 bits per heavy atom. The number of nitrogens with zero attached hydrogens (tertiary/aromatic N) is 2. The van der Waals surface area contributed by atoms with E-state index in [4.69, 9.17) is 0 Å². The third-order valence-electron chi connectivity index (χ3n) is 5.90. The number of aryl methyl sites for hydroxylation is 1. The number of hydrogen-bond donors (Lipinski definition) is 0. The molecular weight excluding hydrogens is 340 g/mol. The zero-order valence-electron chi connectivity index (χ0n) is 15.8. The Labute approximate surface area is 163 Å². The molecule has 0 amide bonds. The van der Waals surface area contributed by atoms with Crippen LogP contribution in [0.25, 0.3) is 49.3 Å². The lowest BCUT2D eigenvalue weighted by molar-refractivity contribution is 0.827. The highest BCUT2D eigenvalue weighted by molar-refractivity contribution is 6.18. The van der Waals surface area contributed by atoms with E-state index < -0.39 is 0 Å². The van der Waals surface area contributed by atoms with Crippen LogP contribution in [0.2, 0.25) is 0 Å². The SMILES string of the molecule is CCn1c2ccccc2c2cc3c(cc21)c1ccccc1n3-c1ccccc1. The third kappa shape index (κ3) is 1.97. The number of para-hydroxylation sites is 3. The molecule has 0 saturated heterocycles. The highest BCUT2D eigenvalue weighted by Crippen LogP contribution is 2.38.